The van der Waals surface area contributed by atoms with Crippen LogP contribution in [0.4, 0.5) is 0 Å². The van der Waals surface area contributed by atoms with Gasteiger partial charge in [-0.15, -0.1) is 0 Å². The summed E-state index contributed by atoms with van der Waals surface area (Å²) < 4.78 is 21.0. The number of hydrogen-bond acceptors (Lipinski definition) is 6. The van der Waals surface area contributed by atoms with Crippen molar-refractivity contribution in [2.24, 2.45) is 0 Å². The Morgan fingerprint density at radius 1 is 1.41 bits per heavy atom. The first kappa shape index (κ1) is 21.1. The van der Waals surface area contributed by atoms with Crippen LogP contribution in [-0.4, -0.2) is 51.5 Å². The first-order valence-electron chi connectivity index (χ1n) is 8.77. The van der Waals surface area contributed by atoms with Gasteiger partial charge in [0.05, 0.1) is 24.8 Å². The minimum atomic E-state index is -0.632. The number of carbonyl (C=O) groups is 2. The zero-order chi connectivity index (χ0) is 19.6. The highest BCUT2D eigenvalue weighted by Gasteiger charge is 2.16. The number of nitrogens with one attached hydrogen (secondary N) is 1. The van der Waals surface area contributed by atoms with Crippen LogP contribution >= 0.6 is 11.6 Å². The summed E-state index contributed by atoms with van der Waals surface area (Å²) in [5.41, 5.74) is 0.643. The van der Waals surface area contributed by atoms with Gasteiger partial charge in [0.15, 0.2) is 18.1 Å². The molecule has 1 amide bonds. The number of rotatable bonds is 9. The second-order valence-corrected chi connectivity index (χ2v) is 6.25. The van der Waals surface area contributed by atoms with Gasteiger partial charge < -0.3 is 24.3 Å². The Balaban J connectivity index is 1.83. The zero-order valence-corrected chi connectivity index (χ0v) is 16.2. The summed E-state index contributed by atoms with van der Waals surface area (Å²) in [4.78, 5) is 23.5. The maximum absolute atomic E-state index is 11.8. The Morgan fingerprint density at radius 2 is 2.22 bits per heavy atom. The van der Waals surface area contributed by atoms with E-state index in [1.807, 2.05) is 6.92 Å². The van der Waals surface area contributed by atoms with Gasteiger partial charge in [-0.3, -0.25) is 4.79 Å². The van der Waals surface area contributed by atoms with Crippen molar-refractivity contribution in [3.05, 3.63) is 28.8 Å². The van der Waals surface area contributed by atoms with Crippen LogP contribution in [0.3, 0.4) is 0 Å². The van der Waals surface area contributed by atoms with E-state index >= 15 is 0 Å². The lowest BCUT2D eigenvalue weighted by molar-refractivity contribution is -0.143. The van der Waals surface area contributed by atoms with Crippen LogP contribution < -0.4 is 14.8 Å². The zero-order valence-electron chi connectivity index (χ0n) is 15.5. The van der Waals surface area contributed by atoms with E-state index < -0.39 is 5.97 Å². The summed E-state index contributed by atoms with van der Waals surface area (Å²) in [7, 11) is 1.50. The maximum Gasteiger partial charge on any atom is 0.331 e. The first-order chi connectivity index (χ1) is 13.0. The summed E-state index contributed by atoms with van der Waals surface area (Å²) in [6.07, 6.45) is 4.73. The van der Waals surface area contributed by atoms with E-state index in [-0.39, 0.29) is 18.6 Å². The van der Waals surface area contributed by atoms with Gasteiger partial charge in [0.2, 0.25) is 0 Å². The van der Waals surface area contributed by atoms with Gasteiger partial charge in [-0.05, 0) is 43.5 Å². The van der Waals surface area contributed by atoms with Crippen molar-refractivity contribution >= 4 is 29.6 Å². The summed E-state index contributed by atoms with van der Waals surface area (Å²) in [6, 6.07) is 3.34. The second-order valence-electron chi connectivity index (χ2n) is 5.85. The molecule has 148 valence electrons. The Morgan fingerprint density at radius 3 is 2.89 bits per heavy atom. The molecule has 1 heterocycles. The number of methoxy groups -OCH3 is 1. The quantitative estimate of drug-likeness (QED) is 0.509. The molecule has 0 radical (unpaired) electrons. The average Bonchev–Trinajstić information content (AvgIpc) is 3.17. The lowest BCUT2D eigenvalue weighted by Gasteiger charge is -2.11. The summed E-state index contributed by atoms with van der Waals surface area (Å²) in [6.45, 7) is 3.10. The Bertz CT molecular complexity index is 685. The molecule has 7 nitrogen and oxygen atoms in total. The van der Waals surface area contributed by atoms with Crippen LogP contribution in [0.5, 0.6) is 11.5 Å². The SMILES string of the molecule is CCOc1cc(/C=C/C(=O)OCC(=O)NC[C@H]2CCCO2)cc(Cl)c1OC. The van der Waals surface area contributed by atoms with Gasteiger partial charge in [0, 0.05) is 19.2 Å². The molecule has 27 heavy (non-hydrogen) atoms. The third kappa shape index (κ3) is 6.77. The minimum Gasteiger partial charge on any atom is -0.491 e. The van der Waals surface area contributed by atoms with Crippen molar-refractivity contribution in [2.75, 3.05) is 33.5 Å². The monoisotopic (exact) mass is 397 g/mol. The molecule has 1 atom stereocenters. The van der Waals surface area contributed by atoms with Gasteiger partial charge in [-0.25, -0.2) is 4.79 Å². The number of ether oxygens (including phenoxy) is 4. The molecule has 0 bridgehead atoms. The molecule has 0 spiro atoms. The van der Waals surface area contributed by atoms with Crippen LogP contribution in [0.1, 0.15) is 25.3 Å². The van der Waals surface area contributed by atoms with Crippen molar-refractivity contribution < 1.29 is 28.5 Å². The molecule has 1 aromatic carbocycles. The number of esters is 1. The van der Waals surface area contributed by atoms with E-state index in [0.717, 1.165) is 19.4 Å². The molecule has 1 aliphatic rings. The normalized spacial score (nSPS) is 16.3. The molecular formula is C19H24ClNO6. The van der Waals surface area contributed by atoms with Gasteiger partial charge in [0.1, 0.15) is 0 Å². The van der Waals surface area contributed by atoms with E-state index in [2.05, 4.69) is 5.32 Å². The van der Waals surface area contributed by atoms with E-state index in [4.69, 9.17) is 30.5 Å². The predicted octanol–water partition coefficient (Wildman–Crippen LogP) is 2.60. The largest absolute Gasteiger partial charge is 0.491 e. The topological polar surface area (TPSA) is 83.1 Å². The van der Waals surface area contributed by atoms with Crippen molar-refractivity contribution in [3.63, 3.8) is 0 Å². The molecule has 1 aliphatic heterocycles. The minimum absolute atomic E-state index is 0.0453. The fourth-order valence-electron chi connectivity index (χ4n) is 2.58. The summed E-state index contributed by atoms with van der Waals surface area (Å²) in [5.74, 6) is -0.0827. The highest BCUT2D eigenvalue weighted by molar-refractivity contribution is 6.32. The third-order valence-electron chi connectivity index (χ3n) is 3.84. The molecule has 1 saturated heterocycles. The molecule has 8 heteroatoms. The fraction of sp³-hybridized carbons (Fsp3) is 0.474. The maximum atomic E-state index is 11.8. The number of carbonyl (C=O) groups excluding carboxylic acids is 2. The molecule has 1 aromatic rings. The summed E-state index contributed by atoms with van der Waals surface area (Å²) >= 11 is 6.16. The second kappa shape index (κ2) is 10.8. The van der Waals surface area contributed by atoms with Gasteiger partial charge >= 0.3 is 5.97 Å². The van der Waals surface area contributed by atoms with Gasteiger partial charge in [0.25, 0.3) is 5.91 Å². The molecular weight excluding hydrogens is 374 g/mol. The molecule has 0 aliphatic carbocycles. The first-order valence-corrected chi connectivity index (χ1v) is 9.14. The van der Waals surface area contributed by atoms with E-state index in [0.29, 0.717) is 35.2 Å². The van der Waals surface area contributed by atoms with Crippen molar-refractivity contribution in [1.29, 1.82) is 0 Å². The molecule has 1 N–H and O–H groups in total. The predicted molar refractivity (Wildman–Crippen MR) is 101 cm³/mol. The van der Waals surface area contributed by atoms with Gasteiger partial charge in [-0.1, -0.05) is 11.6 Å². The lowest BCUT2D eigenvalue weighted by atomic mass is 10.2. The van der Waals surface area contributed by atoms with E-state index in [1.54, 1.807) is 12.1 Å². The van der Waals surface area contributed by atoms with Crippen LogP contribution in [0.25, 0.3) is 6.08 Å². The molecule has 2 rings (SSSR count). The van der Waals surface area contributed by atoms with Crippen molar-refractivity contribution in [1.82, 2.24) is 5.32 Å². The van der Waals surface area contributed by atoms with Gasteiger partial charge in [-0.2, -0.15) is 0 Å². The number of halogens is 1. The van der Waals surface area contributed by atoms with Crippen LogP contribution in [0.2, 0.25) is 5.02 Å². The molecule has 0 unspecified atom stereocenters. The van der Waals surface area contributed by atoms with E-state index in [9.17, 15) is 9.59 Å². The Labute approximate surface area is 163 Å². The highest BCUT2D eigenvalue weighted by atomic mass is 35.5. The molecule has 0 aromatic heterocycles. The Hall–Kier alpha value is -2.25. The number of benzene rings is 1. The lowest BCUT2D eigenvalue weighted by Crippen LogP contribution is -2.34. The van der Waals surface area contributed by atoms with Crippen molar-refractivity contribution in [3.8, 4) is 11.5 Å². The smallest absolute Gasteiger partial charge is 0.331 e. The van der Waals surface area contributed by atoms with Crippen LogP contribution in [-0.2, 0) is 19.1 Å². The van der Waals surface area contributed by atoms with Crippen LogP contribution in [0.15, 0.2) is 18.2 Å². The summed E-state index contributed by atoms with van der Waals surface area (Å²) in [5, 5.41) is 3.05. The van der Waals surface area contributed by atoms with E-state index in [1.165, 1.54) is 19.3 Å². The standard InChI is InChI=1S/C19H24ClNO6/c1-3-25-16-10-13(9-15(20)19(16)24-2)6-7-18(23)27-12-17(22)21-11-14-5-4-8-26-14/h6-7,9-10,14H,3-5,8,11-12H2,1-2H3,(H,21,22)/b7-6+/t14-/m1/s1. The highest BCUT2D eigenvalue weighted by Crippen LogP contribution is 2.36. The molecule has 1 fully saturated rings. The van der Waals surface area contributed by atoms with Crippen LogP contribution in [0, 0.1) is 0 Å². The van der Waals surface area contributed by atoms with Crippen molar-refractivity contribution in [2.45, 2.75) is 25.9 Å². The fourth-order valence-corrected chi connectivity index (χ4v) is 2.87. The third-order valence-corrected chi connectivity index (χ3v) is 4.12. The Kier molecular flexibility index (Phi) is 8.42. The number of amides is 1. The average molecular weight is 398 g/mol. The molecule has 0 saturated carbocycles. The number of hydrogen-bond donors (Lipinski definition) is 1.